The molecule has 0 spiro atoms. The van der Waals surface area contributed by atoms with Crippen molar-refractivity contribution in [3.8, 4) is 5.75 Å². The Bertz CT molecular complexity index is 765. The number of hydrogen-bond donors (Lipinski definition) is 1. The number of ether oxygens (including phenoxy) is 1. The second kappa shape index (κ2) is 7.30. The Balaban J connectivity index is 1.89. The molecule has 0 bridgehead atoms. The van der Waals surface area contributed by atoms with E-state index in [1.165, 1.54) is 21.9 Å². The lowest BCUT2D eigenvalue weighted by atomic mass is 10.0. The van der Waals surface area contributed by atoms with Gasteiger partial charge in [-0.2, -0.15) is 0 Å². The van der Waals surface area contributed by atoms with Gasteiger partial charge in [-0.1, -0.05) is 74.5 Å². The van der Waals surface area contributed by atoms with Crippen molar-refractivity contribution >= 4 is 10.8 Å². The summed E-state index contributed by atoms with van der Waals surface area (Å²) in [5.41, 5.74) is 2.41. The smallest absolute Gasteiger partial charge is 0.124 e. The fourth-order valence-electron chi connectivity index (χ4n) is 2.68. The molecule has 0 radical (unpaired) electrons. The molecule has 0 aliphatic carbocycles. The van der Waals surface area contributed by atoms with E-state index in [9.17, 15) is 0 Å². The second-order valence-corrected chi connectivity index (χ2v) is 6.07. The molecule has 3 aromatic carbocycles. The first-order chi connectivity index (χ1) is 11.2. The summed E-state index contributed by atoms with van der Waals surface area (Å²) in [6, 6.07) is 23.4. The third-order valence-electron chi connectivity index (χ3n) is 3.92. The van der Waals surface area contributed by atoms with Crippen LogP contribution in [0.1, 0.15) is 25.0 Å². The number of hydrogen-bond acceptors (Lipinski definition) is 2. The maximum Gasteiger partial charge on any atom is 0.124 e. The minimum absolute atomic E-state index is 0.441. The summed E-state index contributed by atoms with van der Waals surface area (Å²) < 4.78 is 6.12. The molecule has 0 fully saturated rings. The van der Waals surface area contributed by atoms with Crippen LogP contribution >= 0.6 is 0 Å². The molecule has 0 saturated heterocycles. The summed E-state index contributed by atoms with van der Waals surface area (Å²) in [4.78, 5) is 0. The van der Waals surface area contributed by atoms with Crippen LogP contribution in [0.4, 0.5) is 0 Å². The summed E-state index contributed by atoms with van der Waals surface area (Å²) in [5.74, 6) is 0.959. The molecule has 0 saturated carbocycles. The molecule has 0 heterocycles. The van der Waals surface area contributed by atoms with E-state index in [4.69, 9.17) is 4.74 Å². The number of rotatable bonds is 6. The van der Waals surface area contributed by atoms with Gasteiger partial charge < -0.3 is 10.1 Å². The fourth-order valence-corrected chi connectivity index (χ4v) is 2.68. The molecular weight excluding hydrogens is 282 g/mol. The lowest BCUT2D eigenvalue weighted by Crippen LogP contribution is -2.22. The lowest BCUT2D eigenvalue weighted by molar-refractivity contribution is 0.302. The van der Waals surface area contributed by atoms with Crippen molar-refractivity contribution in [3.63, 3.8) is 0 Å². The van der Waals surface area contributed by atoms with E-state index in [1.807, 2.05) is 18.2 Å². The molecule has 0 aliphatic rings. The Morgan fingerprint density at radius 2 is 1.61 bits per heavy atom. The molecule has 23 heavy (non-hydrogen) atoms. The van der Waals surface area contributed by atoms with E-state index in [-0.39, 0.29) is 0 Å². The molecule has 3 rings (SSSR count). The molecule has 0 unspecified atom stereocenters. The Morgan fingerprint density at radius 3 is 2.39 bits per heavy atom. The molecule has 0 aliphatic heterocycles. The largest absolute Gasteiger partial charge is 0.489 e. The minimum Gasteiger partial charge on any atom is -0.489 e. The highest BCUT2D eigenvalue weighted by molar-refractivity contribution is 5.87. The van der Waals surface area contributed by atoms with Gasteiger partial charge in [-0.05, 0) is 22.4 Å². The normalized spacial score (nSPS) is 11.1. The van der Waals surface area contributed by atoms with Crippen LogP contribution in [-0.4, -0.2) is 6.04 Å². The zero-order valence-electron chi connectivity index (χ0n) is 13.8. The van der Waals surface area contributed by atoms with E-state index in [1.54, 1.807) is 0 Å². The quantitative estimate of drug-likeness (QED) is 0.698. The van der Waals surface area contributed by atoms with E-state index >= 15 is 0 Å². The van der Waals surface area contributed by atoms with Crippen LogP contribution in [0.5, 0.6) is 5.75 Å². The maximum atomic E-state index is 6.12. The summed E-state index contributed by atoms with van der Waals surface area (Å²) in [7, 11) is 0. The standard InChI is InChI=1S/C21H23NO/c1-16(2)22-14-20-19-11-7-6-10-18(19)12-13-21(20)23-15-17-8-4-3-5-9-17/h3-13,16,22H,14-15H2,1-2H3. The van der Waals surface area contributed by atoms with Gasteiger partial charge in [-0.15, -0.1) is 0 Å². The van der Waals surface area contributed by atoms with Gasteiger partial charge in [0.15, 0.2) is 0 Å². The van der Waals surface area contributed by atoms with Crippen LogP contribution in [0.15, 0.2) is 66.7 Å². The van der Waals surface area contributed by atoms with Crippen molar-refractivity contribution in [1.82, 2.24) is 5.32 Å². The molecule has 0 aromatic heterocycles. The number of benzene rings is 3. The van der Waals surface area contributed by atoms with Gasteiger partial charge in [-0.25, -0.2) is 0 Å². The predicted octanol–water partition coefficient (Wildman–Crippen LogP) is 4.92. The first-order valence-corrected chi connectivity index (χ1v) is 8.15. The van der Waals surface area contributed by atoms with Crippen molar-refractivity contribution in [3.05, 3.63) is 77.9 Å². The molecule has 0 amide bonds. The van der Waals surface area contributed by atoms with Crippen molar-refractivity contribution < 1.29 is 4.74 Å². The zero-order valence-corrected chi connectivity index (χ0v) is 13.8. The Hall–Kier alpha value is -2.32. The Morgan fingerprint density at radius 1 is 0.870 bits per heavy atom. The van der Waals surface area contributed by atoms with E-state index in [2.05, 4.69) is 67.7 Å². The van der Waals surface area contributed by atoms with Gasteiger partial charge in [0.25, 0.3) is 0 Å². The molecule has 2 nitrogen and oxygen atoms in total. The zero-order chi connectivity index (χ0) is 16.1. The highest BCUT2D eigenvalue weighted by atomic mass is 16.5. The number of nitrogens with one attached hydrogen (secondary N) is 1. The summed E-state index contributed by atoms with van der Waals surface area (Å²) in [5, 5.41) is 6.02. The van der Waals surface area contributed by atoms with E-state index < -0.39 is 0 Å². The Labute approximate surface area is 138 Å². The Kier molecular flexibility index (Phi) is 4.94. The summed E-state index contributed by atoms with van der Waals surface area (Å²) in [6.07, 6.45) is 0. The van der Waals surface area contributed by atoms with Crippen molar-refractivity contribution in [1.29, 1.82) is 0 Å². The molecule has 0 atom stereocenters. The van der Waals surface area contributed by atoms with Gasteiger partial charge in [0.1, 0.15) is 12.4 Å². The third kappa shape index (κ3) is 3.91. The minimum atomic E-state index is 0.441. The topological polar surface area (TPSA) is 21.3 Å². The van der Waals surface area contributed by atoms with Crippen molar-refractivity contribution in [2.45, 2.75) is 33.0 Å². The van der Waals surface area contributed by atoms with Crippen LogP contribution in [-0.2, 0) is 13.2 Å². The van der Waals surface area contributed by atoms with Gasteiger partial charge >= 0.3 is 0 Å². The SMILES string of the molecule is CC(C)NCc1c(OCc2ccccc2)ccc2ccccc12. The monoisotopic (exact) mass is 305 g/mol. The molecule has 2 heteroatoms. The van der Waals surface area contributed by atoms with Gasteiger partial charge in [0.2, 0.25) is 0 Å². The lowest BCUT2D eigenvalue weighted by Gasteiger charge is -2.16. The predicted molar refractivity (Wildman–Crippen MR) is 96.7 cm³/mol. The van der Waals surface area contributed by atoms with Crippen LogP contribution in [0.25, 0.3) is 10.8 Å². The van der Waals surface area contributed by atoms with Gasteiger partial charge in [-0.3, -0.25) is 0 Å². The molecule has 118 valence electrons. The molecule has 3 aromatic rings. The van der Waals surface area contributed by atoms with Crippen molar-refractivity contribution in [2.24, 2.45) is 0 Å². The number of fused-ring (bicyclic) bond motifs is 1. The molecular formula is C21H23NO. The maximum absolute atomic E-state index is 6.12. The second-order valence-electron chi connectivity index (χ2n) is 6.07. The summed E-state index contributed by atoms with van der Waals surface area (Å²) in [6.45, 7) is 5.72. The fraction of sp³-hybridized carbons (Fsp3) is 0.238. The average molecular weight is 305 g/mol. The first kappa shape index (κ1) is 15.6. The highest BCUT2D eigenvalue weighted by Crippen LogP contribution is 2.28. The van der Waals surface area contributed by atoms with Crippen LogP contribution < -0.4 is 10.1 Å². The highest BCUT2D eigenvalue weighted by Gasteiger charge is 2.09. The third-order valence-corrected chi connectivity index (χ3v) is 3.92. The summed E-state index contributed by atoms with van der Waals surface area (Å²) >= 11 is 0. The first-order valence-electron chi connectivity index (χ1n) is 8.15. The van der Waals surface area contributed by atoms with Gasteiger partial charge in [0.05, 0.1) is 0 Å². The van der Waals surface area contributed by atoms with Crippen LogP contribution in [0.2, 0.25) is 0 Å². The van der Waals surface area contributed by atoms with Crippen molar-refractivity contribution in [2.75, 3.05) is 0 Å². The van der Waals surface area contributed by atoms with Crippen LogP contribution in [0, 0.1) is 0 Å². The van der Waals surface area contributed by atoms with E-state index in [0.717, 1.165) is 12.3 Å². The van der Waals surface area contributed by atoms with E-state index in [0.29, 0.717) is 12.6 Å². The van der Waals surface area contributed by atoms with Crippen LogP contribution in [0.3, 0.4) is 0 Å². The van der Waals surface area contributed by atoms with Gasteiger partial charge in [0, 0.05) is 18.2 Å². The average Bonchev–Trinajstić information content (AvgIpc) is 2.59. The molecule has 1 N–H and O–H groups in total.